The summed E-state index contributed by atoms with van der Waals surface area (Å²) in [7, 11) is 0. The molecule has 6 nitrogen and oxygen atoms in total. The van der Waals surface area contributed by atoms with Crippen LogP contribution >= 0.6 is 0 Å². The van der Waals surface area contributed by atoms with Crippen LogP contribution in [-0.4, -0.2) is 43.3 Å². The summed E-state index contributed by atoms with van der Waals surface area (Å²) in [6.45, 7) is 3.67. The molecule has 1 aromatic heterocycles. The number of pyridine rings is 1. The van der Waals surface area contributed by atoms with Crippen LogP contribution in [0.5, 0.6) is 0 Å². The van der Waals surface area contributed by atoms with E-state index < -0.39 is 12.1 Å². The molecule has 2 N–H and O–H groups in total. The average molecular weight is 390 g/mol. The number of rotatable bonds is 4. The molecule has 2 aliphatic rings. The second-order valence-corrected chi connectivity index (χ2v) is 6.64. The Morgan fingerprint density at radius 1 is 1.14 bits per heavy atom. The first-order valence-corrected chi connectivity index (χ1v) is 8.66. The molecular formula is C19H17F3N4O2. The van der Waals surface area contributed by atoms with Crippen molar-refractivity contribution >= 4 is 17.3 Å². The fourth-order valence-corrected chi connectivity index (χ4v) is 3.30. The number of alkyl halides is 3. The molecule has 3 heterocycles. The topological polar surface area (TPSA) is 66.5 Å². The zero-order valence-corrected chi connectivity index (χ0v) is 14.7. The number of nitrogens with one attached hydrogen (secondary N) is 2. The third-order valence-corrected chi connectivity index (χ3v) is 4.70. The van der Waals surface area contributed by atoms with Gasteiger partial charge in [0.15, 0.2) is 0 Å². The maximum Gasteiger partial charge on any atom is 0.493 e. The first-order chi connectivity index (χ1) is 13.4. The number of halogens is 3. The standard InChI is InChI=1S/C19H17F3N4O2/c20-19(21,22)18(27)28-25-15-3-1-2-12(6-15)17-5-4-16(9-24-17)26-10-13-7-23-8-14(13)11-26/h1-6,9,23,25H,7-8,10-11H2. The molecule has 2 aromatic rings. The van der Waals surface area contributed by atoms with Crippen molar-refractivity contribution in [2.24, 2.45) is 0 Å². The van der Waals surface area contributed by atoms with Gasteiger partial charge >= 0.3 is 12.1 Å². The molecule has 146 valence electrons. The van der Waals surface area contributed by atoms with Gasteiger partial charge in [-0.2, -0.15) is 13.2 Å². The molecule has 0 bridgehead atoms. The Bertz CT molecular complexity index is 910. The molecule has 28 heavy (non-hydrogen) atoms. The van der Waals surface area contributed by atoms with Crippen LogP contribution in [0.25, 0.3) is 11.3 Å². The number of aromatic nitrogens is 1. The Kier molecular flexibility index (Phi) is 4.68. The van der Waals surface area contributed by atoms with E-state index in [1.54, 1.807) is 24.4 Å². The first-order valence-electron chi connectivity index (χ1n) is 8.66. The Morgan fingerprint density at radius 3 is 2.54 bits per heavy atom. The van der Waals surface area contributed by atoms with Crippen LogP contribution < -0.4 is 15.7 Å². The SMILES string of the molecule is O=C(ONc1cccc(-c2ccc(N3CC4=C(CNC4)C3)cn2)c1)C(F)(F)F. The molecule has 4 rings (SSSR count). The number of nitrogens with zero attached hydrogens (tertiary/aromatic N) is 2. The summed E-state index contributed by atoms with van der Waals surface area (Å²) in [6.07, 6.45) is -3.27. The van der Waals surface area contributed by atoms with E-state index >= 15 is 0 Å². The van der Waals surface area contributed by atoms with Gasteiger partial charge in [0.2, 0.25) is 0 Å². The molecule has 0 amide bonds. The van der Waals surface area contributed by atoms with Gasteiger partial charge in [-0.25, -0.2) is 10.3 Å². The van der Waals surface area contributed by atoms with Crippen molar-refractivity contribution in [3.63, 3.8) is 0 Å². The second-order valence-electron chi connectivity index (χ2n) is 6.64. The number of anilines is 2. The van der Waals surface area contributed by atoms with Gasteiger partial charge in [-0.15, -0.1) is 0 Å². The fourth-order valence-electron chi connectivity index (χ4n) is 3.30. The highest BCUT2D eigenvalue weighted by atomic mass is 19.4. The zero-order chi connectivity index (χ0) is 19.7. The van der Waals surface area contributed by atoms with Crippen LogP contribution in [0.4, 0.5) is 24.5 Å². The van der Waals surface area contributed by atoms with Gasteiger partial charge in [0.1, 0.15) is 0 Å². The van der Waals surface area contributed by atoms with Gasteiger partial charge in [0.05, 0.1) is 23.3 Å². The van der Waals surface area contributed by atoms with Crippen LogP contribution in [0.15, 0.2) is 53.7 Å². The number of benzene rings is 1. The third-order valence-electron chi connectivity index (χ3n) is 4.70. The lowest BCUT2D eigenvalue weighted by Crippen LogP contribution is -2.27. The Morgan fingerprint density at radius 2 is 1.89 bits per heavy atom. The van der Waals surface area contributed by atoms with E-state index in [2.05, 4.69) is 20.0 Å². The number of hydrogen-bond acceptors (Lipinski definition) is 6. The van der Waals surface area contributed by atoms with Crippen molar-refractivity contribution in [1.29, 1.82) is 0 Å². The minimum atomic E-state index is -5.05. The van der Waals surface area contributed by atoms with Crippen LogP contribution in [0.1, 0.15) is 0 Å². The summed E-state index contributed by atoms with van der Waals surface area (Å²) in [4.78, 5) is 21.6. The molecule has 0 radical (unpaired) electrons. The first kappa shape index (κ1) is 18.3. The minimum Gasteiger partial charge on any atom is -0.362 e. The molecule has 9 heteroatoms. The highest BCUT2D eigenvalue weighted by Gasteiger charge is 2.41. The van der Waals surface area contributed by atoms with E-state index in [9.17, 15) is 18.0 Å². The molecular weight excluding hydrogens is 373 g/mol. The van der Waals surface area contributed by atoms with Gasteiger partial charge < -0.3 is 15.1 Å². The van der Waals surface area contributed by atoms with Crippen molar-refractivity contribution in [2.75, 3.05) is 36.6 Å². The summed E-state index contributed by atoms with van der Waals surface area (Å²) >= 11 is 0. The summed E-state index contributed by atoms with van der Waals surface area (Å²) in [5.74, 6) is -2.30. The van der Waals surface area contributed by atoms with Gasteiger partial charge in [0.25, 0.3) is 0 Å². The predicted octanol–water partition coefficient (Wildman–Crippen LogP) is 2.90. The Balaban J connectivity index is 1.42. The van der Waals surface area contributed by atoms with E-state index in [1.165, 1.54) is 17.2 Å². The predicted molar refractivity (Wildman–Crippen MR) is 97.6 cm³/mol. The molecule has 1 aromatic carbocycles. The van der Waals surface area contributed by atoms with Crippen LogP contribution in [0.2, 0.25) is 0 Å². The number of carbonyl (C=O) groups is 1. The smallest absolute Gasteiger partial charge is 0.362 e. The quantitative estimate of drug-likeness (QED) is 0.618. The molecule has 0 saturated carbocycles. The maximum atomic E-state index is 12.2. The summed E-state index contributed by atoms with van der Waals surface area (Å²) in [5.41, 5.74) is 7.49. The minimum absolute atomic E-state index is 0.216. The third kappa shape index (κ3) is 3.79. The van der Waals surface area contributed by atoms with E-state index in [1.807, 2.05) is 17.6 Å². The van der Waals surface area contributed by atoms with Gasteiger partial charge in [-0.1, -0.05) is 12.1 Å². The number of hydrogen-bond donors (Lipinski definition) is 2. The second kappa shape index (κ2) is 7.16. The summed E-state index contributed by atoms with van der Waals surface area (Å²) < 4.78 is 36.6. The molecule has 0 fully saturated rings. The monoisotopic (exact) mass is 390 g/mol. The molecule has 0 unspecified atom stereocenters. The molecule has 0 atom stereocenters. The summed E-state index contributed by atoms with van der Waals surface area (Å²) in [6, 6.07) is 10.3. The molecule has 2 aliphatic heterocycles. The highest BCUT2D eigenvalue weighted by Crippen LogP contribution is 2.28. The number of carbonyl (C=O) groups excluding carboxylic acids is 1. The largest absolute Gasteiger partial charge is 0.493 e. The maximum absolute atomic E-state index is 12.2. The molecule has 0 saturated heterocycles. The highest BCUT2D eigenvalue weighted by molar-refractivity contribution is 5.76. The van der Waals surface area contributed by atoms with Crippen molar-refractivity contribution in [1.82, 2.24) is 10.3 Å². The van der Waals surface area contributed by atoms with E-state index in [4.69, 9.17) is 0 Å². The molecule has 0 aliphatic carbocycles. The van der Waals surface area contributed by atoms with Crippen molar-refractivity contribution in [3.05, 3.63) is 53.7 Å². The molecule has 0 spiro atoms. The van der Waals surface area contributed by atoms with Crippen molar-refractivity contribution in [3.8, 4) is 11.3 Å². The van der Waals surface area contributed by atoms with E-state index in [0.717, 1.165) is 31.9 Å². The zero-order valence-electron chi connectivity index (χ0n) is 14.7. The fraction of sp³-hybridized carbons (Fsp3) is 0.263. The average Bonchev–Trinajstić information content (AvgIpc) is 3.28. The van der Waals surface area contributed by atoms with Crippen LogP contribution in [0.3, 0.4) is 0 Å². The van der Waals surface area contributed by atoms with Crippen LogP contribution in [0, 0.1) is 0 Å². The normalized spacial score (nSPS) is 16.3. The van der Waals surface area contributed by atoms with E-state index in [0.29, 0.717) is 11.3 Å². The lowest BCUT2D eigenvalue weighted by molar-refractivity contribution is -0.196. The lowest BCUT2D eigenvalue weighted by atomic mass is 10.1. The van der Waals surface area contributed by atoms with Gasteiger partial charge in [-0.3, -0.25) is 4.98 Å². The van der Waals surface area contributed by atoms with Gasteiger partial charge in [-0.05, 0) is 35.4 Å². The summed E-state index contributed by atoms with van der Waals surface area (Å²) in [5, 5.41) is 3.34. The lowest BCUT2D eigenvalue weighted by Gasteiger charge is -2.20. The van der Waals surface area contributed by atoms with Gasteiger partial charge in [0, 0.05) is 31.7 Å². The van der Waals surface area contributed by atoms with E-state index in [-0.39, 0.29) is 5.69 Å². The van der Waals surface area contributed by atoms with Crippen molar-refractivity contribution < 1.29 is 22.8 Å². The van der Waals surface area contributed by atoms with Crippen LogP contribution in [-0.2, 0) is 9.63 Å². The Hall–Kier alpha value is -3.07. The Labute approximate surface area is 159 Å². The van der Waals surface area contributed by atoms with Crippen molar-refractivity contribution in [2.45, 2.75) is 6.18 Å².